The van der Waals surface area contributed by atoms with Crippen LogP contribution >= 0.6 is 0 Å². The first-order valence-corrected chi connectivity index (χ1v) is 6.26. The number of H-pyrrole nitrogens is 1. The summed E-state index contributed by atoms with van der Waals surface area (Å²) in [6, 6.07) is 0.347. The molecule has 1 unspecified atom stereocenters. The Balaban J connectivity index is 1.98. The fraction of sp³-hybridized carbons (Fsp3) is 0.231. The summed E-state index contributed by atoms with van der Waals surface area (Å²) in [5.74, 6) is -1.94. The highest BCUT2D eigenvalue weighted by Gasteiger charge is 2.37. The fourth-order valence-electron chi connectivity index (χ4n) is 2.39. The summed E-state index contributed by atoms with van der Waals surface area (Å²) in [5, 5.41) is 19.0. The topological polar surface area (TPSA) is 119 Å². The van der Waals surface area contributed by atoms with Crippen LogP contribution in [0.25, 0.3) is 0 Å². The van der Waals surface area contributed by atoms with Gasteiger partial charge in [0.05, 0.1) is 36.0 Å². The van der Waals surface area contributed by atoms with Crippen LogP contribution in [0.2, 0.25) is 0 Å². The van der Waals surface area contributed by atoms with E-state index in [1.807, 2.05) is 0 Å². The predicted octanol–water partition coefficient (Wildman–Crippen LogP) is 0.162. The third-order valence-corrected chi connectivity index (χ3v) is 3.48. The van der Waals surface area contributed by atoms with Gasteiger partial charge in [-0.3, -0.25) is 9.78 Å². The lowest BCUT2D eigenvalue weighted by Crippen LogP contribution is -2.48. The Hall–Kier alpha value is -2.90. The first-order chi connectivity index (χ1) is 10.1. The third kappa shape index (κ3) is 2.20. The molecule has 0 saturated carbocycles. The Bertz CT molecular complexity index is 712. The third-order valence-electron chi connectivity index (χ3n) is 3.48. The largest absolute Gasteiger partial charge is 0.505 e. The number of hydrogen-bond acceptors (Lipinski definition) is 5. The van der Waals surface area contributed by atoms with Crippen molar-refractivity contribution in [1.82, 2.24) is 19.9 Å². The maximum absolute atomic E-state index is 12.5. The van der Waals surface area contributed by atoms with Crippen molar-refractivity contribution in [1.29, 1.82) is 0 Å². The van der Waals surface area contributed by atoms with Crippen LogP contribution in [0.1, 0.15) is 21.7 Å². The molecule has 0 bridgehead atoms. The van der Waals surface area contributed by atoms with Crippen LogP contribution in [-0.2, 0) is 17.8 Å². The van der Waals surface area contributed by atoms with E-state index in [-0.39, 0.29) is 24.3 Å². The zero-order valence-corrected chi connectivity index (χ0v) is 10.9. The van der Waals surface area contributed by atoms with E-state index in [9.17, 15) is 19.8 Å². The molecule has 21 heavy (non-hydrogen) atoms. The zero-order chi connectivity index (χ0) is 15.0. The SMILES string of the molecule is O=C(O)C1Cc2nc[nH]c2CN1C(=O)c1ccncc1O. The summed E-state index contributed by atoms with van der Waals surface area (Å²) in [6.07, 6.45) is 4.12. The number of imidazole rings is 1. The molecule has 1 atom stereocenters. The number of carboxylic acids is 1. The van der Waals surface area contributed by atoms with Gasteiger partial charge in [0.15, 0.2) is 0 Å². The molecule has 3 rings (SSSR count). The van der Waals surface area contributed by atoms with Crippen LogP contribution < -0.4 is 0 Å². The molecule has 2 aromatic heterocycles. The van der Waals surface area contributed by atoms with E-state index >= 15 is 0 Å². The van der Waals surface area contributed by atoms with Gasteiger partial charge in [-0.05, 0) is 6.07 Å². The quantitative estimate of drug-likeness (QED) is 0.724. The van der Waals surface area contributed by atoms with E-state index in [4.69, 9.17) is 0 Å². The highest BCUT2D eigenvalue weighted by Crippen LogP contribution is 2.25. The van der Waals surface area contributed by atoms with Crippen molar-refractivity contribution in [3.8, 4) is 5.75 Å². The van der Waals surface area contributed by atoms with Crippen molar-refractivity contribution in [2.45, 2.75) is 19.0 Å². The van der Waals surface area contributed by atoms with E-state index in [1.165, 1.54) is 23.5 Å². The molecular formula is C13H12N4O4. The van der Waals surface area contributed by atoms with Crippen LogP contribution in [0.5, 0.6) is 5.75 Å². The minimum atomic E-state index is -1.11. The Morgan fingerprint density at radius 1 is 1.43 bits per heavy atom. The van der Waals surface area contributed by atoms with Gasteiger partial charge in [0.2, 0.25) is 0 Å². The standard InChI is InChI=1S/C13H12N4O4/c18-11-4-14-2-1-7(11)12(19)17-5-9-8(15-6-16-9)3-10(17)13(20)21/h1-2,4,6,10,18H,3,5H2,(H,15,16)(H,20,21). The molecule has 0 radical (unpaired) electrons. The number of nitrogens with zero attached hydrogens (tertiary/aromatic N) is 3. The Labute approximate surface area is 119 Å². The van der Waals surface area contributed by atoms with E-state index < -0.39 is 17.9 Å². The minimum Gasteiger partial charge on any atom is -0.505 e. The lowest BCUT2D eigenvalue weighted by molar-refractivity contribution is -0.142. The van der Waals surface area contributed by atoms with Gasteiger partial charge < -0.3 is 20.1 Å². The van der Waals surface area contributed by atoms with Gasteiger partial charge in [0, 0.05) is 12.6 Å². The van der Waals surface area contributed by atoms with Crippen molar-refractivity contribution >= 4 is 11.9 Å². The summed E-state index contributed by atoms with van der Waals surface area (Å²) in [4.78, 5) is 35.8. The number of carbonyl (C=O) groups is 2. The van der Waals surface area contributed by atoms with Gasteiger partial charge in [0.1, 0.15) is 11.8 Å². The lowest BCUT2D eigenvalue weighted by Gasteiger charge is -2.32. The molecule has 0 aromatic carbocycles. The molecule has 1 aliphatic heterocycles. The number of fused-ring (bicyclic) bond motifs is 1. The summed E-state index contributed by atoms with van der Waals surface area (Å²) < 4.78 is 0. The van der Waals surface area contributed by atoms with Crippen molar-refractivity contribution in [2.75, 3.05) is 0 Å². The average molecular weight is 288 g/mol. The second kappa shape index (κ2) is 4.89. The molecule has 108 valence electrons. The van der Waals surface area contributed by atoms with Crippen molar-refractivity contribution in [2.24, 2.45) is 0 Å². The Kier molecular flexibility index (Phi) is 3.05. The monoisotopic (exact) mass is 288 g/mol. The van der Waals surface area contributed by atoms with Crippen LogP contribution in [0, 0.1) is 0 Å². The maximum atomic E-state index is 12.5. The smallest absolute Gasteiger partial charge is 0.326 e. The molecule has 1 aliphatic rings. The van der Waals surface area contributed by atoms with Gasteiger partial charge in [-0.2, -0.15) is 0 Å². The molecule has 3 N–H and O–H groups in total. The number of aromatic hydroxyl groups is 1. The van der Waals surface area contributed by atoms with Crippen molar-refractivity contribution < 1.29 is 19.8 Å². The summed E-state index contributed by atoms with van der Waals surface area (Å²) >= 11 is 0. The van der Waals surface area contributed by atoms with Gasteiger partial charge >= 0.3 is 5.97 Å². The minimum absolute atomic E-state index is 0.0271. The van der Waals surface area contributed by atoms with Crippen molar-refractivity contribution in [3.63, 3.8) is 0 Å². The maximum Gasteiger partial charge on any atom is 0.326 e. The van der Waals surface area contributed by atoms with E-state index in [0.29, 0.717) is 11.4 Å². The van der Waals surface area contributed by atoms with Gasteiger partial charge in [-0.25, -0.2) is 9.78 Å². The van der Waals surface area contributed by atoms with Gasteiger partial charge in [-0.15, -0.1) is 0 Å². The second-order valence-electron chi connectivity index (χ2n) is 4.71. The molecular weight excluding hydrogens is 276 g/mol. The number of rotatable bonds is 2. The fourth-order valence-corrected chi connectivity index (χ4v) is 2.39. The average Bonchev–Trinajstić information content (AvgIpc) is 2.93. The highest BCUT2D eigenvalue weighted by molar-refractivity contribution is 5.98. The molecule has 8 nitrogen and oxygen atoms in total. The number of nitrogens with one attached hydrogen (secondary N) is 1. The molecule has 0 spiro atoms. The normalized spacial score (nSPS) is 17.3. The zero-order valence-electron chi connectivity index (χ0n) is 10.9. The van der Waals surface area contributed by atoms with Crippen LogP contribution in [0.3, 0.4) is 0 Å². The van der Waals surface area contributed by atoms with Crippen molar-refractivity contribution in [3.05, 3.63) is 41.7 Å². The van der Waals surface area contributed by atoms with E-state index in [0.717, 1.165) is 6.20 Å². The lowest BCUT2D eigenvalue weighted by atomic mass is 10.0. The summed E-state index contributed by atoms with van der Waals surface area (Å²) in [6.45, 7) is 0.104. The molecule has 0 fully saturated rings. The molecule has 8 heteroatoms. The number of aromatic amines is 1. The number of hydrogen-bond donors (Lipinski definition) is 3. The molecule has 3 heterocycles. The van der Waals surface area contributed by atoms with Gasteiger partial charge in [-0.1, -0.05) is 0 Å². The van der Waals surface area contributed by atoms with E-state index in [1.54, 1.807) is 0 Å². The summed E-state index contributed by atoms with van der Waals surface area (Å²) in [5.41, 5.74) is 1.37. The van der Waals surface area contributed by atoms with Crippen LogP contribution in [0.4, 0.5) is 0 Å². The first kappa shape index (κ1) is 13.1. The van der Waals surface area contributed by atoms with E-state index in [2.05, 4.69) is 15.0 Å². The summed E-state index contributed by atoms with van der Waals surface area (Å²) in [7, 11) is 0. The first-order valence-electron chi connectivity index (χ1n) is 6.26. The number of amides is 1. The Morgan fingerprint density at radius 2 is 2.24 bits per heavy atom. The number of carbonyl (C=O) groups excluding carboxylic acids is 1. The second-order valence-corrected chi connectivity index (χ2v) is 4.71. The van der Waals surface area contributed by atoms with Gasteiger partial charge in [0.25, 0.3) is 5.91 Å². The molecule has 0 saturated heterocycles. The number of aromatic nitrogens is 3. The number of carboxylic acid groups (broad SMARTS) is 1. The number of aliphatic carboxylic acids is 1. The molecule has 2 aromatic rings. The molecule has 1 amide bonds. The molecule has 0 aliphatic carbocycles. The van der Waals surface area contributed by atoms with Crippen LogP contribution in [-0.4, -0.2) is 48.0 Å². The van der Waals surface area contributed by atoms with Crippen LogP contribution in [0.15, 0.2) is 24.8 Å². The Morgan fingerprint density at radius 3 is 2.95 bits per heavy atom. The predicted molar refractivity (Wildman–Crippen MR) is 69.5 cm³/mol. The highest BCUT2D eigenvalue weighted by atomic mass is 16.4. The number of pyridine rings is 1.